The molecule has 0 spiro atoms. The van der Waals surface area contributed by atoms with Crippen LogP contribution in [0.3, 0.4) is 0 Å². The molecule has 0 aliphatic heterocycles. The van der Waals surface area contributed by atoms with Crippen LogP contribution in [0.4, 0.5) is 0 Å². The van der Waals surface area contributed by atoms with E-state index in [4.69, 9.17) is 0 Å². The van der Waals surface area contributed by atoms with Crippen molar-refractivity contribution >= 4 is 0 Å². The van der Waals surface area contributed by atoms with Crippen molar-refractivity contribution in [2.75, 3.05) is 0 Å². The molecule has 1 aliphatic carbocycles. The smallest absolute Gasteiger partial charge is 0.0167 e. The molecule has 0 radical (unpaired) electrons. The summed E-state index contributed by atoms with van der Waals surface area (Å²) in [6.45, 7) is 8.75. The van der Waals surface area contributed by atoms with Crippen LogP contribution in [0.25, 0.3) is 0 Å². The SMILES string of the molecule is Cc1ccc(C2Cc3ccc(C)cc3C(c3ccc(C)cc3)C2c2ccc(C)cc2)cc1. The normalized spacial score (nSPS) is 20.1. The van der Waals surface area contributed by atoms with Gasteiger partial charge < -0.3 is 0 Å². The zero-order chi connectivity index (χ0) is 22.2. The van der Waals surface area contributed by atoms with Crippen LogP contribution in [-0.4, -0.2) is 0 Å². The number of fused-ring (bicyclic) bond motifs is 1. The quantitative estimate of drug-likeness (QED) is 0.316. The Morgan fingerprint density at radius 3 is 1.53 bits per heavy atom. The molecular formula is C32H32. The summed E-state index contributed by atoms with van der Waals surface area (Å²) in [5, 5.41) is 0. The predicted molar refractivity (Wildman–Crippen MR) is 136 cm³/mol. The first-order valence-electron chi connectivity index (χ1n) is 11.8. The molecule has 4 aromatic carbocycles. The Labute approximate surface area is 193 Å². The van der Waals surface area contributed by atoms with E-state index in [0.717, 1.165) is 6.42 Å². The molecule has 160 valence electrons. The number of rotatable bonds is 3. The van der Waals surface area contributed by atoms with Gasteiger partial charge >= 0.3 is 0 Å². The molecule has 0 amide bonds. The third-order valence-corrected chi connectivity index (χ3v) is 7.27. The molecule has 1 aliphatic rings. The molecule has 3 unspecified atom stereocenters. The Bertz CT molecular complexity index is 1210. The summed E-state index contributed by atoms with van der Waals surface area (Å²) in [6, 6.07) is 34.9. The second kappa shape index (κ2) is 8.43. The molecular weight excluding hydrogens is 384 g/mol. The Morgan fingerprint density at radius 2 is 0.969 bits per heavy atom. The van der Waals surface area contributed by atoms with Crippen molar-refractivity contribution in [2.24, 2.45) is 0 Å². The van der Waals surface area contributed by atoms with E-state index in [-0.39, 0.29) is 0 Å². The van der Waals surface area contributed by atoms with Crippen LogP contribution in [0.15, 0.2) is 91.0 Å². The van der Waals surface area contributed by atoms with Gasteiger partial charge in [0, 0.05) is 11.8 Å². The summed E-state index contributed by atoms with van der Waals surface area (Å²) >= 11 is 0. The van der Waals surface area contributed by atoms with Crippen molar-refractivity contribution in [1.82, 2.24) is 0 Å². The first-order chi connectivity index (χ1) is 15.5. The lowest BCUT2D eigenvalue weighted by Crippen LogP contribution is -2.28. The van der Waals surface area contributed by atoms with Crippen molar-refractivity contribution in [3.8, 4) is 0 Å². The molecule has 0 aromatic heterocycles. The van der Waals surface area contributed by atoms with Crippen molar-refractivity contribution < 1.29 is 0 Å². The van der Waals surface area contributed by atoms with Gasteiger partial charge in [0.05, 0.1) is 0 Å². The van der Waals surface area contributed by atoms with E-state index in [2.05, 4.69) is 119 Å². The molecule has 5 rings (SSSR count). The van der Waals surface area contributed by atoms with Gasteiger partial charge in [-0.2, -0.15) is 0 Å². The van der Waals surface area contributed by atoms with E-state index in [1.165, 1.54) is 50.1 Å². The Morgan fingerprint density at radius 1 is 0.500 bits per heavy atom. The Hall–Kier alpha value is -3.12. The highest BCUT2D eigenvalue weighted by Crippen LogP contribution is 2.53. The Balaban J connectivity index is 1.75. The maximum absolute atomic E-state index is 2.44. The first-order valence-corrected chi connectivity index (χ1v) is 11.8. The summed E-state index contributed by atoms with van der Waals surface area (Å²) in [7, 11) is 0. The number of benzene rings is 4. The number of aryl methyl sites for hydroxylation is 4. The van der Waals surface area contributed by atoms with E-state index in [1.54, 1.807) is 0 Å². The molecule has 0 saturated carbocycles. The van der Waals surface area contributed by atoms with Crippen molar-refractivity contribution in [3.63, 3.8) is 0 Å². The van der Waals surface area contributed by atoms with Crippen molar-refractivity contribution in [3.05, 3.63) is 141 Å². The molecule has 0 bridgehead atoms. The molecule has 3 atom stereocenters. The summed E-state index contributed by atoms with van der Waals surface area (Å²) in [5.41, 5.74) is 12.6. The molecule has 4 aromatic rings. The van der Waals surface area contributed by atoms with E-state index < -0.39 is 0 Å². The van der Waals surface area contributed by atoms with Crippen LogP contribution in [0, 0.1) is 27.7 Å². The van der Waals surface area contributed by atoms with E-state index in [1.807, 2.05) is 0 Å². The topological polar surface area (TPSA) is 0 Å². The molecule has 0 N–H and O–H groups in total. The fourth-order valence-electron chi connectivity index (χ4n) is 5.49. The molecule has 0 saturated heterocycles. The van der Waals surface area contributed by atoms with Gasteiger partial charge in [-0.3, -0.25) is 0 Å². The lowest BCUT2D eigenvalue weighted by molar-refractivity contribution is 0.455. The van der Waals surface area contributed by atoms with E-state index in [0.29, 0.717) is 17.8 Å². The van der Waals surface area contributed by atoms with Gasteiger partial charge in [0.25, 0.3) is 0 Å². The van der Waals surface area contributed by atoms with Gasteiger partial charge in [-0.05, 0) is 67.9 Å². The highest BCUT2D eigenvalue weighted by atomic mass is 14.4. The predicted octanol–water partition coefficient (Wildman–Crippen LogP) is 8.18. The van der Waals surface area contributed by atoms with Crippen LogP contribution in [0.5, 0.6) is 0 Å². The average molecular weight is 417 g/mol. The van der Waals surface area contributed by atoms with Crippen molar-refractivity contribution in [2.45, 2.75) is 51.9 Å². The highest BCUT2D eigenvalue weighted by molar-refractivity contribution is 5.50. The van der Waals surface area contributed by atoms with Gasteiger partial charge in [0.15, 0.2) is 0 Å². The summed E-state index contributed by atoms with van der Waals surface area (Å²) in [4.78, 5) is 0. The zero-order valence-electron chi connectivity index (χ0n) is 19.6. The molecule has 0 heterocycles. The van der Waals surface area contributed by atoms with Crippen LogP contribution in [0.2, 0.25) is 0 Å². The first kappa shape index (κ1) is 20.8. The second-order valence-corrected chi connectivity index (χ2v) is 9.75. The van der Waals surface area contributed by atoms with E-state index >= 15 is 0 Å². The maximum atomic E-state index is 2.44. The van der Waals surface area contributed by atoms with Gasteiger partial charge in [0.1, 0.15) is 0 Å². The van der Waals surface area contributed by atoms with Crippen LogP contribution < -0.4 is 0 Å². The van der Waals surface area contributed by atoms with Crippen LogP contribution >= 0.6 is 0 Å². The third-order valence-electron chi connectivity index (χ3n) is 7.27. The fourth-order valence-corrected chi connectivity index (χ4v) is 5.49. The molecule has 0 fully saturated rings. The van der Waals surface area contributed by atoms with Crippen molar-refractivity contribution in [1.29, 1.82) is 0 Å². The summed E-state index contributed by atoms with van der Waals surface area (Å²) < 4.78 is 0. The molecule has 32 heavy (non-hydrogen) atoms. The number of hydrogen-bond donors (Lipinski definition) is 0. The summed E-state index contributed by atoms with van der Waals surface area (Å²) in [6.07, 6.45) is 1.08. The minimum Gasteiger partial charge on any atom is -0.0590 e. The van der Waals surface area contributed by atoms with Gasteiger partial charge in [-0.15, -0.1) is 0 Å². The average Bonchev–Trinajstić information content (AvgIpc) is 2.80. The highest BCUT2D eigenvalue weighted by Gasteiger charge is 2.39. The maximum Gasteiger partial charge on any atom is 0.0167 e. The van der Waals surface area contributed by atoms with E-state index in [9.17, 15) is 0 Å². The van der Waals surface area contributed by atoms with Gasteiger partial charge in [0.2, 0.25) is 0 Å². The fraction of sp³-hybridized carbons (Fsp3) is 0.250. The van der Waals surface area contributed by atoms with Gasteiger partial charge in [-0.25, -0.2) is 0 Å². The molecule has 0 heteroatoms. The van der Waals surface area contributed by atoms with Gasteiger partial charge in [-0.1, -0.05) is 113 Å². The summed E-state index contributed by atoms with van der Waals surface area (Å²) in [5.74, 6) is 1.18. The second-order valence-electron chi connectivity index (χ2n) is 9.75. The number of hydrogen-bond acceptors (Lipinski definition) is 0. The largest absolute Gasteiger partial charge is 0.0590 e. The molecule has 0 nitrogen and oxygen atoms in total. The standard InChI is InChI=1S/C32H32/c1-21-5-12-25(13-6-21)30-20-28-18-11-24(4)19-29(28)31(26-14-7-22(2)8-15-26)32(30)27-16-9-23(3)10-17-27/h5-19,30-32H,20H2,1-4H3. The lowest BCUT2D eigenvalue weighted by atomic mass is 9.62. The Kier molecular flexibility index (Phi) is 5.47. The third kappa shape index (κ3) is 3.91. The van der Waals surface area contributed by atoms with Crippen LogP contribution in [0.1, 0.15) is 67.8 Å². The minimum atomic E-state index is 0.341. The minimum absolute atomic E-state index is 0.341. The monoisotopic (exact) mass is 416 g/mol. The van der Waals surface area contributed by atoms with Crippen LogP contribution in [-0.2, 0) is 6.42 Å². The lowest BCUT2D eigenvalue weighted by Gasteiger charge is -2.41. The zero-order valence-corrected chi connectivity index (χ0v) is 19.6.